The Morgan fingerprint density at radius 1 is 1.11 bits per heavy atom. The molecule has 0 N–H and O–H groups in total. The van der Waals surface area contributed by atoms with Crippen LogP contribution < -0.4 is 4.90 Å². The number of aryl methyl sites for hydroxylation is 2. The zero-order valence-electron chi connectivity index (χ0n) is 11.1. The maximum absolute atomic E-state index is 4.79. The van der Waals surface area contributed by atoms with Crippen LogP contribution in [-0.2, 0) is 19.9 Å². The largest absolute Gasteiger partial charge is 0.341 e. The van der Waals surface area contributed by atoms with Crippen LogP contribution in [-0.4, -0.2) is 32.8 Å². The molecule has 2 aromatic heterocycles. The lowest BCUT2D eigenvalue weighted by Crippen LogP contribution is -2.38. The number of hydrogen-bond acceptors (Lipinski definition) is 4. The molecule has 0 bridgehead atoms. The van der Waals surface area contributed by atoms with Crippen LogP contribution in [0.25, 0.3) is 11.4 Å². The fourth-order valence-electron chi connectivity index (χ4n) is 2.83. The topological polar surface area (TPSA) is 46.8 Å². The molecule has 1 fully saturated rings. The summed E-state index contributed by atoms with van der Waals surface area (Å²) >= 11 is 0. The van der Waals surface area contributed by atoms with Crippen molar-refractivity contribution < 1.29 is 0 Å². The predicted octanol–water partition coefficient (Wildman–Crippen LogP) is 1.58. The van der Waals surface area contributed by atoms with Crippen molar-refractivity contribution in [1.29, 1.82) is 0 Å². The Morgan fingerprint density at radius 3 is 2.68 bits per heavy atom. The number of fused-ring (bicyclic) bond motifs is 1. The standard InChI is InChI=1S/C14H17N5/c1-18-9-6-12(17-18)13-10-4-2-5-11(10)15-14(16-13)19-7-3-8-19/h6,9H,2-5,7-8H2,1H3. The summed E-state index contributed by atoms with van der Waals surface area (Å²) in [5, 5.41) is 4.51. The van der Waals surface area contributed by atoms with Gasteiger partial charge in [0.05, 0.1) is 5.69 Å². The second-order valence-corrected chi connectivity index (χ2v) is 5.37. The third-order valence-corrected chi connectivity index (χ3v) is 4.02. The van der Waals surface area contributed by atoms with E-state index in [9.17, 15) is 0 Å². The molecule has 98 valence electrons. The van der Waals surface area contributed by atoms with Gasteiger partial charge in [-0.25, -0.2) is 9.97 Å². The molecule has 0 atom stereocenters. The van der Waals surface area contributed by atoms with Crippen molar-refractivity contribution >= 4 is 5.95 Å². The van der Waals surface area contributed by atoms with Crippen LogP contribution in [0.5, 0.6) is 0 Å². The van der Waals surface area contributed by atoms with Crippen molar-refractivity contribution in [3.05, 3.63) is 23.5 Å². The molecule has 1 aliphatic carbocycles. The van der Waals surface area contributed by atoms with Crippen LogP contribution in [0.2, 0.25) is 0 Å². The number of rotatable bonds is 2. The van der Waals surface area contributed by atoms with Crippen molar-refractivity contribution in [1.82, 2.24) is 19.7 Å². The van der Waals surface area contributed by atoms with Crippen LogP contribution in [0, 0.1) is 0 Å². The van der Waals surface area contributed by atoms with Gasteiger partial charge in [-0.05, 0) is 31.7 Å². The zero-order chi connectivity index (χ0) is 12.8. The van der Waals surface area contributed by atoms with E-state index in [1.807, 2.05) is 24.0 Å². The van der Waals surface area contributed by atoms with Gasteiger partial charge in [0, 0.05) is 37.6 Å². The minimum atomic E-state index is 0.896. The Labute approximate surface area is 112 Å². The van der Waals surface area contributed by atoms with E-state index in [-0.39, 0.29) is 0 Å². The summed E-state index contributed by atoms with van der Waals surface area (Å²) in [4.78, 5) is 11.8. The minimum Gasteiger partial charge on any atom is -0.341 e. The average molecular weight is 255 g/mol. The van der Waals surface area contributed by atoms with Crippen molar-refractivity contribution in [2.24, 2.45) is 7.05 Å². The Morgan fingerprint density at radius 2 is 2.00 bits per heavy atom. The summed E-state index contributed by atoms with van der Waals surface area (Å²) in [5.74, 6) is 0.896. The number of hydrogen-bond donors (Lipinski definition) is 0. The molecular weight excluding hydrogens is 238 g/mol. The second kappa shape index (κ2) is 4.05. The molecule has 3 heterocycles. The van der Waals surface area contributed by atoms with E-state index in [0.29, 0.717) is 0 Å². The molecule has 0 spiro atoms. The second-order valence-electron chi connectivity index (χ2n) is 5.37. The summed E-state index contributed by atoms with van der Waals surface area (Å²) in [7, 11) is 1.95. The molecule has 2 aliphatic rings. The molecule has 0 amide bonds. The highest BCUT2D eigenvalue weighted by Gasteiger charge is 2.25. The molecule has 5 heteroatoms. The Bertz CT molecular complexity index is 627. The van der Waals surface area contributed by atoms with Crippen LogP contribution in [0.1, 0.15) is 24.1 Å². The lowest BCUT2D eigenvalue weighted by molar-refractivity contribution is 0.599. The smallest absolute Gasteiger partial charge is 0.226 e. The lowest BCUT2D eigenvalue weighted by atomic mass is 10.1. The summed E-state index contributed by atoms with van der Waals surface area (Å²) in [6, 6.07) is 2.04. The van der Waals surface area contributed by atoms with E-state index >= 15 is 0 Å². The van der Waals surface area contributed by atoms with Gasteiger partial charge in [0.2, 0.25) is 5.95 Å². The maximum atomic E-state index is 4.79. The third-order valence-electron chi connectivity index (χ3n) is 4.02. The van der Waals surface area contributed by atoms with E-state index in [1.54, 1.807) is 0 Å². The maximum Gasteiger partial charge on any atom is 0.226 e. The molecule has 1 saturated heterocycles. The molecular formula is C14H17N5. The summed E-state index contributed by atoms with van der Waals surface area (Å²) in [5.41, 5.74) is 4.57. The Kier molecular flexibility index (Phi) is 2.33. The van der Waals surface area contributed by atoms with Gasteiger partial charge in [0.1, 0.15) is 5.69 Å². The van der Waals surface area contributed by atoms with Gasteiger partial charge in [-0.3, -0.25) is 4.68 Å². The third kappa shape index (κ3) is 1.72. The first-order chi connectivity index (χ1) is 9.31. The fourth-order valence-corrected chi connectivity index (χ4v) is 2.83. The summed E-state index contributed by atoms with van der Waals surface area (Å²) < 4.78 is 1.84. The van der Waals surface area contributed by atoms with Gasteiger partial charge in [-0.15, -0.1) is 0 Å². The van der Waals surface area contributed by atoms with Gasteiger partial charge in [-0.1, -0.05) is 0 Å². The van der Waals surface area contributed by atoms with Gasteiger partial charge < -0.3 is 4.90 Å². The van der Waals surface area contributed by atoms with Gasteiger partial charge >= 0.3 is 0 Å². The molecule has 0 aromatic carbocycles. The quantitative estimate of drug-likeness (QED) is 0.817. The van der Waals surface area contributed by atoms with Crippen molar-refractivity contribution in [2.75, 3.05) is 18.0 Å². The highest BCUT2D eigenvalue weighted by molar-refractivity contribution is 5.62. The number of aromatic nitrogens is 4. The summed E-state index contributed by atoms with van der Waals surface area (Å²) in [6.45, 7) is 2.17. The SMILES string of the molecule is Cn1ccc(-c2nc(N3CCC3)nc3c2CCC3)n1. The van der Waals surface area contributed by atoms with E-state index in [1.165, 1.54) is 24.1 Å². The van der Waals surface area contributed by atoms with E-state index in [0.717, 1.165) is 43.3 Å². The highest BCUT2D eigenvalue weighted by atomic mass is 15.3. The zero-order valence-corrected chi connectivity index (χ0v) is 11.1. The van der Waals surface area contributed by atoms with Gasteiger partial charge in [0.25, 0.3) is 0 Å². The van der Waals surface area contributed by atoms with E-state index < -0.39 is 0 Å². The van der Waals surface area contributed by atoms with E-state index in [2.05, 4.69) is 10.00 Å². The first-order valence-corrected chi connectivity index (χ1v) is 6.96. The van der Waals surface area contributed by atoms with Crippen molar-refractivity contribution in [3.63, 3.8) is 0 Å². The predicted molar refractivity (Wildman–Crippen MR) is 73.1 cm³/mol. The van der Waals surface area contributed by atoms with E-state index in [4.69, 9.17) is 9.97 Å². The molecule has 4 rings (SSSR count). The first kappa shape index (κ1) is 11.0. The van der Waals surface area contributed by atoms with Crippen LogP contribution in [0.4, 0.5) is 5.95 Å². The highest BCUT2D eigenvalue weighted by Crippen LogP contribution is 2.31. The molecule has 0 unspecified atom stereocenters. The van der Waals surface area contributed by atoms with Gasteiger partial charge in [-0.2, -0.15) is 5.10 Å². The average Bonchev–Trinajstić information content (AvgIpc) is 2.94. The molecule has 0 radical (unpaired) electrons. The van der Waals surface area contributed by atoms with Crippen LogP contribution >= 0.6 is 0 Å². The Hall–Kier alpha value is -1.91. The first-order valence-electron chi connectivity index (χ1n) is 6.96. The van der Waals surface area contributed by atoms with Crippen LogP contribution in [0.3, 0.4) is 0 Å². The van der Waals surface area contributed by atoms with Gasteiger partial charge in [0.15, 0.2) is 0 Å². The molecule has 2 aromatic rings. The lowest BCUT2D eigenvalue weighted by Gasteiger charge is -2.31. The minimum absolute atomic E-state index is 0.896. The monoisotopic (exact) mass is 255 g/mol. The fraction of sp³-hybridized carbons (Fsp3) is 0.500. The molecule has 0 saturated carbocycles. The number of nitrogens with zero attached hydrogens (tertiary/aromatic N) is 5. The van der Waals surface area contributed by atoms with Crippen molar-refractivity contribution in [3.8, 4) is 11.4 Å². The Balaban J connectivity index is 1.85. The normalized spacial score (nSPS) is 17.4. The van der Waals surface area contributed by atoms with Crippen molar-refractivity contribution in [2.45, 2.75) is 25.7 Å². The molecule has 5 nitrogen and oxygen atoms in total. The van der Waals surface area contributed by atoms with Crippen LogP contribution in [0.15, 0.2) is 12.3 Å². The molecule has 1 aliphatic heterocycles. The molecule has 19 heavy (non-hydrogen) atoms. The number of anilines is 1. The summed E-state index contributed by atoms with van der Waals surface area (Å²) in [6.07, 6.45) is 6.58.